The van der Waals surface area contributed by atoms with E-state index in [9.17, 15) is 13.9 Å². The first-order valence-corrected chi connectivity index (χ1v) is 6.80. The number of aliphatic hydroxyl groups is 1. The van der Waals surface area contributed by atoms with E-state index >= 15 is 0 Å². The second-order valence-electron chi connectivity index (χ2n) is 5.43. The second kappa shape index (κ2) is 4.86. The molecule has 0 spiro atoms. The first-order chi connectivity index (χ1) is 9.46. The van der Waals surface area contributed by atoms with E-state index in [1.165, 1.54) is 12.1 Å². The molecule has 0 saturated heterocycles. The number of halogens is 2. The van der Waals surface area contributed by atoms with Crippen molar-refractivity contribution in [3.8, 4) is 11.5 Å². The van der Waals surface area contributed by atoms with Gasteiger partial charge >= 0.3 is 6.29 Å². The highest BCUT2D eigenvalue weighted by Gasteiger charge is 2.43. The standard InChI is InChI=1S/C14H17F2NO3/c15-14(16)19-10-6-5-9(7-11(10)20-14)12(17)13(18)8-3-1-2-4-8/h5-8,12-13,18H,1-4,17H2/t12-,13+/m0/s1. The van der Waals surface area contributed by atoms with Crippen molar-refractivity contribution in [1.29, 1.82) is 0 Å². The van der Waals surface area contributed by atoms with Gasteiger partial charge in [0.05, 0.1) is 12.1 Å². The largest absolute Gasteiger partial charge is 0.586 e. The number of hydrogen-bond acceptors (Lipinski definition) is 4. The van der Waals surface area contributed by atoms with E-state index in [0.29, 0.717) is 5.56 Å². The van der Waals surface area contributed by atoms with Gasteiger partial charge in [-0.2, -0.15) is 0 Å². The van der Waals surface area contributed by atoms with Crippen LogP contribution < -0.4 is 15.2 Å². The van der Waals surface area contributed by atoms with Gasteiger partial charge in [0, 0.05) is 0 Å². The van der Waals surface area contributed by atoms with Gasteiger partial charge in [-0.05, 0) is 36.5 Å². The topological polar surface area (TPSA) is 64.7 Å². The van der Waals surface area contributed by atoms with Gasteiger partial charge in [0.2, 0.25) is 0 Å². The Balaban J connectivity index is 1.78. The lowest BCUT2D eigenvalue weighted by Crippen LogP contribution is -2.31. The molecule has 1 aliphatic carbocycles. The second-order valence-corrected chi connectivity index (χ2v) is 5.43. The summed E-state index contributed by atoms with van der Waals surface area (Å²) in [5.41, 5.74) is 6.62. The van der Waals surface area contributed by atoms with Gasteiger partial charge in [0.15, 0.2) is 11.5 Å². The first-order valence-electron chi connectivity index (χ1n) is 6.80. The van der Waals surface area contributed by atoms with E-state index in [1.54, 1.807) is 6.07 Å². The molecule has 1 fully saturated rings. The molecule has 1 heterocycles. The predicted molar refractivity (Wildman–Crippen MR) is 67.5 cm³/mol. The van der Waals surface area contributed by atoms with Crippen LogP contribution in [0.5, 0.6) is 11.5 Å². The lowest BCUT2D eigenvalue weighted by Gasteiger charge is -2.24. The van der Waals surface area contributed by atoms with Crippen molar-refractivity contribution in [2.24, 2.45) is 11.7 Å². The molecule has 1 aromatic carbocycles. The van der Waals surface area contributed by atoms with E-state index in [-0.39, 0.29) is 17.4 Å². The maximum Gasteiger partial charge on any atom is 0.586 e. The summed E-state index contributed by atoms with van der Waals surface area (Å²) in [4.78, 5) is 0. The van der Waals surface area contributed by atoms with Crippen LogP contribution >= 0.6 is 0 Å². The van der Waals surface area contributed by atoms with Crippen molar-refractivity contribution in [2.75, 3.05) is 0 Å². The minimum atomic E-state index is -3.63. The van der Waals surface area contributed by atoms with Crippen molar-refractivity contribution >= 4 is 0 Å². The number of alkyl halides is 2. The van der Waals surface area contributed by atoms with Crippen molar-refractivity contribution in [2.45, 2.75) is 44.1 Å². The SMILES string of the molecule is N[C@@H](c1ccc2c(c1)OC(F)(F)O2)[C@H](O)C1CCCC1. The van der Waals surface area contributed by atoms with Crippen LogP contribution in [0.4, 0.5) is 8.78 Å². The van der Waals surface area contributed by atoms with E-state index in [1.807, 2.05) is 0 Å². The Labute approximate surface area is 115 Å². The van der Waals surface area contributed by atoms with Gasteiger partial charge in [0.1, 0.15) is 0 Å². The fourth-order valence-corrected chi connectivity index (χ4v) is 2.96. The van der Waals surface area contributed by atoms with Crippen LogP contribution in [0.25, 0.3) is 0 Å². The summed E-state index contributed by atoms with van der Waals surface area (Å²) in [6.45, 7) is 0. The minimum Gasteiger partial charge on any atom is -0.395 e. The van der Waals surface area contributed by atoms with Gasteiger partial charge in [-0.15, -0.1) is 8.78 Å². The molecule has 3 N–H and O–H groups in total. The van der Waals surface area contributed by atoms with Crippen LogP contribution in [0.3, 0.4) is 0 Å². The van der Waals surface area contributed by atoms with E-state index in [4.69, 9.17) is 5.73 Å². The molecule has 0 radical (unpaired) electrons. The minimum absolute atomic E-state index is 0.0127. The predicted octanol–water partition coefficient (Wildman–Crippen LogP) is 2.56. The van der Waals surface area contributed by atoms with Crippen LogP contribution in [-0.2, 0) is 0 Å². The maximum absolute atomic E-state index is 12.9. The Hall–Kier alpha value is -1.40. The summed E-state index contributed by atoms with van der Waals surface area (Å²) < 4.78 is 34.6. The summed E-state index contributed by atoms with van der Waals surface area (Å²) >= 11 is 0. The van der Waals surface area contributed by atoms with Crippen molar-refractivity contribution in [1.82, 2.24) is 0 Å². The average Bonchev–Trinajstić information content (AvgIpc) is 3.01. The third-order valence-electron chi connectivity index (χ3n) is 4.06. The highest BCUT2D eigenvalue weighted by atomic mass is 19.3. The molecular formula is C14H17F2NO3. The van der Waals surface area contributed by atoms with Crippen LogP contribution in [0.1, 0.15) is 37.3 Å². The molecule has 0 amide bonds. The molecule has 1 aromatic rings. The normalized spacial score (nSPS) is 23.8. The summed E-state index contributed by atoms with van der Waals surface area (Å²) in [6.07, 6.45) is -0.188. The Bertz CT molecular complexity index is 503. The number of nitrogens with two attached hydrogens (primary N) is 1. The molecule has 0 bridgehead atoms. The molecule has 0 aromatic heterocycles. The third-order valence-corrected chi connectivity index (χ3v) is 4.06. The summed E-state index contributed by atoms with van der Waals surface area (Å²) in [7, 11) is 0. The van der Waals surface area contributed by atoms with Gasteiger partial charge in [0.25, 0.3) is 0 Å². The highest BCUT2D eigenvalue weighted by Crippen LogP contribution is 2.42. The van der Waals surface area contributed by atoms with Gasteiger partial charge in [-0.3, -0.25) is 0 Å². The molecule has 1 aliphatic heterocycles. The third kappa shape index (κ3) is 2.45. The summed E-state index contributed by atoms with van der Waals surface area (Å²) in [5, 5.41) is 10.3. The molecule has 6 heteroatoms. The molecule has 2 atom stereocenters. The van der Waals surface area contributed by atoms with E-state index in [0.717, 1.165) is 25.7 Å². The fourth-order valence-electron chi connectivity index (χ4n) is 2.96. The van der Waals surface area contributed by atoms with Gasteiger partial charge in [-0.25, -0.2) is 0 Å². The lowest BCUT2D eigenvalue weighted by atomic mass is 9.91. The molecular weight excluding hydrogens is 268 g/mol. The van der Waals surface area contributed by atoms with Crippen LogP contribution in [0.15, 0.2) is 18.2 Å². The fraction of sp³-hybridized carbons (Fsp3) is 0.571. The zero-order valence-corrected chi connectivity index (χ0v) is 10.9. The highest BCUT2D eigenvalue weighted by molar-refractivity contribution is 5.46. The lowest BCUT2D eigenvalue weighted by molar-refractivity contribution is -0.286. The molecule has 1 saturated carbocycles. The summed E-state index contributed by atoms with van der Waals surface area (Å²) in [5.74, 6) is 0.125. The molecule has 20 heavy (non-hydrogen) atoms. The Kier molecular flexibility index (Phi) is 3.30. The van der Waals surface area contributed by atoms with E-state index in [2.05, 4.69) is 9.47 Å². The Morgan fingerprint density at radius 2 is 1.85 bits per heavy atom. The van der Waals surface area contributed by atoms with Crippen molar-refractivity contribution in [3.63, 3.8) is 0 Å². The number of hydrogen-bond donors (Lipinski definition) is 2. The monoisotopic (exact) mass is 285 g/mol. The molecule has 2 aliphatic rings. The van der Waals surface area contributed by atoms with Gasteiger partial charge < -0.3 is 20.3 Å². The average molecular weight is 285 g/mol. The number of ether oxygens (including phenoxy) is 2. The smallest absolute Gasteiger partial charge is 0.395 e. The quantitative estimate of drug-likeness (QED) is 0.896. The zero-order chi connectivity index (χ0) is 14.3. The first kappa shape index (κ1) is 13.6. The van der Waals surface area contributed by atoms with E-state index < -0.39 is 18.4 Å². The Morgan fingerprint density at radius 1 is 1.20 bits per heavy atom. The molecule has 110 valence electrons. The summed E-state index contributed by atoms with van der Waals surface area (Å²) in [6, 6.07) is 3.79. The number of rotatable bonds is 3. The molecule has 4 nitrogen and oxygen atoms in total. The van der Waals surface area contributed by atoms with Crippen LogP contribution in [0.2, 0.25) is 0 Å². The van der Waals surface area contributed by atoms with Crippen LogP contribution in [-0.4, -0.2) is 17.5 Å². The zero-order valence-electron chi connectivity index (χ0n) is 10.9. The number of fused-ring (bicyclic) bond motifs is 1. The number of benzene rings is 1. The number of aliphatic hydroxyl groups excluding tert-OH is 1. The van der Waals surface area contributed by atoms with Crippen molar-refractivity contribution in [3.05, 3.63) is 23.8 Å². The Morgan fingerprint density at radius 3 is 2.55 bits per heavy atom. The maximum atomic E-state index is 12.9. The van der Waals surface area contributed by atoms with Crippen molar-refractivity contribution < 1.29 is 23.4 Å². The molecule has 3 rings (SSSR count). The van der Waals surface area contributed by atoms with Crippen LogP contribution in [0, 0.1) is 5.92 Å². The van der Waals surface area contributed by atoms with Gasteiger partial charge in [-0.1, -0.05) is 18.9 Å². The molecule has 0 unspecified atom stereocenters.